The summed E-state index contributed by atoms with van der Waals surface area (Å²) < 4.78 is 26.3. The van der Waals surface area contributed by atoms with Crippen molar-refractivity contribution in [3.63, 3.8) is 0 Å². The predicted octanol–water partition coefficient (Wildman–Crippen LogP) is 5.07. The summed E-state index contributed by atoms with van der Waals surface area (Å²) >= 11 is 0.937. The van der Waals surface area contributed by atoms with Gasteiger partial charge in [-0.1, -0.05) is 44.1 Å². The number of nitrogens with zero attached hydrogens (tertiary/aromatic N) is 3. The monoisotopic (exact) mass is 542 g/mol. The lowest BCUT2D eigenvalue weighted by Crippen LogP contribution is -2.44. The quantitative estimate of drug-likeness (QED) is 0.533. The largest absolute Gasteiger partial charge is 0.616 e. The summed E-state index contributed by atoms with van der Waals surface area (Å²) in [5.74, 6) is 0.435. The van der Waals surface area contributed by atoms with Crippen LogP contribution in [0.3, 0.4) is 0 Å². The van der Waals surface area contributed by atoms with Gasteiger partial charge in [0.05, 0.1) is 34.7 Å². The number of thiazole rings is 1. The van der Waals surface area contributed by atoms with Crippen LogP contribution in [0.4, 0.5) is 10.1 Å². The Kier molecular flexibility index (Phi) is 7.29. The van der Waals surface area contributed by atoms with Crippen LogP contribution in [0.5, 0.6) is 0 Å². The molecular weight excluding hydrogens is 507 g/mol. The first kappa shape index (κ1) is 26.5. The van der Waals surface area contributed by atoms with Crippen LogP contribution in [-0.2, 0) is 21.4 Å². The van der Waals surface area contributed by atoms with Crippen molar-refractivity contribution in [2.75, 3.05) is 29.5 Å². The number of halogens is 1. The zero-order valence-corrected chi connectivity index (χ0v) is 23.4. The van der Waals surface area contributed by atoms with E-state index < -0.39 is 28.8 Å². The Balaban J connectivity index is 1.47. The van der Waals surface area contributed by atoms with Gasteiger partial charge in [-0.2, -0.15) is 5.26 Å². The number of alkyl halides is 1. The van der Waals surface area contributed by atoms with Gasteiger partial charge in [-0.05, 0) is 49.8 Å². The molecular formula is C28H35FN4O2S2. The van der Waals surface area contributed by atoms with Gasteiger partial charge < -0.3 is 14.8 Å². The minimum absolute atomic E-state index is 0.158. The van der Waals surface area contributed by atoms with Crippen molar-refractivity contribution >= 4 is 34.1 Å². The molecule has 1 aromatic heterocycles. The number of aromatic nitrogens is 1. The Morgan fingerprint density at radius 2 is 1.92 bits per heavy atom. The standard InChI is InChI=1S/C28H35FN4O2S2/c1-27(2,3)26-31-23(21-9-6-19(29)16-22(21)25(34)32-28(17-30)10-11-28)24(36-26)18-4-7-20(8-5-18)33-12-14-37(35)15-13-33/h4-5,7-8,19,21-22H,6,9-16H2,1-3H3,(H,32,34)/t19-,21+,22?/m0/s1. The number of carbonyl (C=O) groups excluding carboxylic acids is 1. The molecule has 3 atom stereocenters. The number of carbonyl (C=O) groups is 1. The van der Waals surface area contributed by atoms with Gasteiger partial charge in [-0.3, -0.25) is 4.79 Å². The van der Waals surface area contributed by atoms with Crippen LogP contribution in [0.15, 0.2) is 24.3 Å². The zero-order chi connectivity index (χ0) is 26.4. The molecule has 5 rings (SSSR count). The number of benzene rings is 1. The molecule has 1 unspecified atom stereocenters. The molecule has 0 radical (unpaired) electrons. The SMILES string of the molecule is CC(C)(C)c1nc([C@@H]2CC[C@H](F)CC2C(=O)NC2(C#N)CC2)c(-c2ccc(N3CC[S+]([O-])CC3)cc2)s1. The van der Waals surface area contributed by atoms with Gasteiger partial charge in [0.15, 0.2) is 0 Å². The van der Waals surface area contributed by atoms with Crippen LogP contribution in [-0.4, -0.2) is 51.7 Å². The van der Waals surface area contributed by atoms with Crippen molar-refractivity contribution in [1.29, 1.82) is 5.26 Å². The first-order valence-corrected chi connectivity index (χ1v) is 15.5. The lowest BCUT2D eigenvalue weighted by molar-refractivity contribution is -0.128. The molecule has 2 saturated carbocycles. The fraction of sp³-hybridized carbons (Fsp3) is 0.607. The lowest BCUT2D eigenvalue weighted by Gasteiger charge is -2.33. The maximum absolute atomic E-state index is 14.6. The van der Waals surface area contributed by atoms with E-state index in [0.717, 1.165) is 39.9 Å². The van der Waals surface area contributed by atoms with E-state index in [1.54, 1.807) is 11.3 Å². The fourth-order valence-electron chi connectivity index (χ4n) is 5.29. The Morgan fingerprint density at radius 1 is 1.24 bits per heavy atom. The van der Waals surface area contributed by atoms with Crippen LogP contribution in [0, 0.1) is 17.2 Å². The average Bonchev–Trinajstić information content (AvgIpc) is 3.49. The normalized spacial score (nSPS) is 25.9. The van der Waals surface area contributed by atoms with Gasteiger partial charge in [-0.25, -0.2) is 9.37 Å². The van der Waals surface area contributed by atoms with E-state index in [-0.39, 0.29) is 23.7 Å². The lowest BCUT2D eigenvalue weighted by atomic mass is 9.75. The van der Waals surface area contributed by atoms with Crippen LogP contribution < -0.4 is 10.2 Å². The van der Waals surface area contributed by atoms with Gasteiger partial charge in [0.1, 0.15) is 23.2 Å². The summed E-state index contributed by atoms with van der Waals surface area (Å²) in [5, 5.41) is 13.4. The number of nitrogens with one attached hydrogen (secondary N) is 1. The number of hydrogen-bond donors (Lipinski definition) is 1. The third kappa shape index (κ3) is 5.67. The molecule has 3 aliphatic rings. The molecule has 1 aromatic carbocycles. The Bertz CT molecular complexity index is 1170. The molecule has 6 nitrogen and oxygen atoms in total. The number of rotatable bonds is 5. The minimum atomic E-state index is -1.02. The molecule has 3 fully saturated rings. The average molecular weight is 543 g/mol. The van der Waals surface area contributed by atoms with Gasteiger partial charge in [0.25, 0.3) is 0 Å². The third-order valence-electron chi connectivity index (χ3n) is 7.77. The Labute approximate surface area is 225 Å². The second kappa shape index (κ2) is 10.2. The fourth-order valence-corrected chi connectivity index (χ4v) is 7.54. The summed E-state index contributed by atoms with van der Waals surface area (Å²) in [7, 11) is 0. The predicted molar refractivity (Wildman–Crippen MR) is 147 cm³/mol. The summed E-state index contributed by atoms with van der Waals surface area (Å²) in [4.78, 5) is 21.8. The highest BCUT2D eigenvalue weighted by molar-refractivity contribution is 7.91. The molecule has 198 valence electrons. The second-order valence-electron chi connectivity index (χ2n) is 11.7. The highest BCUT2D eigenvalue weighted by atomic mass is 32.2. The van der Waals surface area contributed by atoms with E-state index in [0.29, 0.717) is 37.2 Å². The maximum Gasteiger partial charge on any atom is 0.225 e. The number of hydrogen-bond acceptors (Lipinski definition) is 6. The van der Waals surface area contributed by atoms with Crippen molar-refractivity contribution in [3.05, 3.63) is 35.0 Å². The molecule has 0 spiro atoms. The van der Waals surface area contributed by atoms with Gasteiger partial charge >= 0.3 is 0 Å². The van der Waals surface area contributed by atoms with Crippen LogP contribution in [0.2, 0.25) is 0 Å². The maximum atomic E-state index is 14.6. The van der Waals surface area contributed by atoms with Crippen LogP contribution in [0.1, 0.15) is 69.5 Å². The molecule has 2 aliphatic carbocycles. The minimum Gasteiger partial charge on any atom is -0.616 e. The van der Waals surface area contributed by atoms with Crippen LogP contribution >= 0.6 is 11.3 Å². The molecule has 2 aromatic rings. The Morgan fingerprint density at radius 3 is 2.51 bits per heavy atom. The van der Waals surface area contributed by atoms with Gasteiger partial charge in [0, 0.05) is 22.9 Å². The number of amides is 1. The Hall–Kier alpha value is -2.15. The van der Waals surface area contributed by atoms with E-state index in [4.69, 9.17) is 4.98 Å². The topological polar surface area (TPSA) is 92.1 Å². The van der Waals surface area contributed by atoms with Gasteiger partial charge in [0.2, 0.25) is 5.91 Å². The van der Waals surface area contributed by atoms with E-state index in [2.05, 4.69) is 61.3 Å². The van der Waals surface area contributed by atoms with E-state index in [9.17, 15) is 19.0 Å². The molecule has 9 heteroatoms. The molecule has 1 N–H and O–H groups in total. The molecule has 1 amide bonds. The summed E-state index contributed by atoms with van der Waals surface area (Å²) in [5.41, 5.74) is 2.11. The van der Waals surface area contributed by atoms with E-state index in [1.165, 1.54) is 0 Å². The van der Waals surface area contributed by atoms with Crippen molar-refractivity contribution < 1.29 is 13.7 Å². The first-order valence-electron chi connectivity index (χ1n) is 13.2. The first-order chi connectivity index (χ1) is 17.6. The van der Waals surface area contributed by atoms with Crippen molar-refractivity contribution in [3.8, 4) is 16.5 Å². The smallest absolute Gasteiger partial charge is 0.225 e. The molecule has 1 aliphatic heterocycles. The molecule has 0 bridgehead atoms. The second-order valence-corrected chi connectivity index (χ2v) is 14.4. The van der Waals surface area contributed by atoms with Crippen molar-refractivity contribution in [1.82, 2.24) is 10.3 Å². The molecule has 2 heterocycles. The number of nitriles is 1. The zero-order valence-electron chi connectivity index (χ0n) is 21.8. The highest BCUT2D eigenvalue weighted by Gasteiger charge is 2.48. The van der Waals surface area contributed by atoms with Crippen LogP contribution in [0.25, 0.3) is 10.4 Å². The summed E-state index contributed by atoms with van der Waals surface area (Å²) in [6.07, 6.45) is 1.42. The van der Waals surface area contributed by atoms with Crippen molar-refractivity contribution in [2.24, 2.45) is 5.92 Å². The summed E-state index contributed by atoms with van der Waals surface area (Å²) in [6.45, 7) is 7.98. The van der Waals surface area contributed by atoms with E-state index >= 15 is 0 Å². The van der Waals surface area contributed by atoms with E-state index in [1.807, 2.05) is 0 Å². The van der Waals surface area contributed by atoms with Crippen molar-refractivity contribution in [2.45, 2.75) is 75.9 Å². The van der Waals surface area contributed by atoms with Gasteiger partial charge in [-0.15, -0.1) is 11.3 Å². The third-order valence-corrected chi connectivity index (χ3v) is 10.6. The number of anilines is 1. The highest BCUT2D eigenvalue weighted by Crippen LogP contribution is 2.47. The summed E-state index contributed by atoms with van der Waals surface area (Å²) in [6, 6.07) is 10.7. The molecule has 1 saturated heterocycles. The molecule has 37 heavy (non-hydrogen) atoms.